The highest BCUT2D eigenvalue weighted by molar-refractivity contribution is 7.70. The predicted octanol–water partition coefficient (Wildman–Crippen LogP) is 2.20. The summed E-state index contributed by atoms with van der Waals surface area (Å²) in [5, 5.41) is 18.9. The lowest BCUT2D eigenvalue weighted by molar-refractivity contribution is -0.0440. The van der Waals surface area contributed by atoms with Gasteiger partial charge in [0.2, 0.25) is 5.28 Å². The van der Waals surface area contributed by atoms with E-state index in [4.69, 9.17) is 30.6 Å². The number of aliphatic hydroxyl groups excluding tert-OH is 1. The van der Waals surface area contributed by atoms with Crippen LogP contribution in [0.3, 0.4) is 0 Å². The highest BCUT2D eigenvalue weighted by Crippen LogP contribution is 2.55. The Morgan fingerprint density at radius 1 is 1.16 bits per heavy atom. The molecule has 5 atom stereocenters. The van der Waals surface area contributed by atoms with Crippen LogP contribution in [-0.2, 0) is 18.4 Å². The molecule has 0 bridgehead atoms. The van der Waals surface area contributed by atoms with Crippen molar-refractivity contribution in [3.63, 3.8) is 0 Å². The highest BCUT2D eigenvalue weighted by atomic mass is 35.5. The van der Waals surface area contributed by atoms with Gasteiger partial charge in [-0.15, -0.1) is 5.10 Å². The van der Waals surface area contributed by atoms with Crippen LogP contribution in [-0.4, -0.2) is 76.0 Å². The zero-order valence-corrected chi connectivity index (χ0v) is 21.9. The summed E-state index contributed by atoms with van der Waals surface area (Å²) >= 11 is 6.29. The average molecular weight is 575 g/mol. The van der Waals surface area contributed by atoms with Gasteiger partial charge in [-0.1, -0.05) is 35.5 Å². The molecule has 2 aliphatic rings. The standard InChI is InChI=1S/C20H25ClN6O8P2/c21-20-22-18(26-8-4-7-13(26)12-5-2-1-3-6-12)17-19(23-20)27(25-24-17)16-9-14(28)15(35-16)10-34-37(32,33)11-36(29,30)31/h1-3,5-6,13-16,28H,4,7-11H2,(H,32,33)(H2,29,30,31)/t13-,14-,15+,16+/m0/s1. The van der Waals surface area contributed by atoms with Crippen LogP contribution in [0.4, 0.5) is 5.82 Å². The predicted molar refractivity (Wildman–Crippen MR) is 131 cm³/mol. The molecule has 17 heteroatoms. The lowest BCUT2D eigenvalue weighted by Crippen LogP contribution is -2.26. The van der Waals surface area contributed by atoms with Crippen molar-refractivity contribution in [2.24, 2.45) is 0 Å². The van der Waals surface area contributed by atoms with E-state index in [0.717, 1.165) is 24.9 Å². The Morgan fingerprint density at radius 3 is 2.65 bits per heavy atom. The van der Waals surface area contributed by atoms with Crippen LogP contribution in [0.25, 0.3) is 11.2 Å². The third kappa shape index (κ3) is 5.88. The fourth-order valence-corrected chi connectivity index (χ4v) is 7.43. The first-order valence-corrected chi connectivity index (χ1v) is 15.4. The Kier molecular flexibility index (Phi) is 7.40. The van der Waals surface area contributed by atoms with Crippen LogP contribution in [0.1, 0.15) is 37.1 Å². The Hall–Kier alpha value is -1.99. The van der Waals surface area contributed by atoms with Crippen molar-refractivity contribution in [2.45, 2.75) is 43.7 Å². The third-order valence-electron chi connectivity index (χ3n) is 6.27. The number of aliphatic hydroxyl groups is 1. The molecule has 37 heavy (non-hydrogen) atoms. The minimum atomic E-state index is -4.78. The molecule has 2 aromatic heterocycles. The van der Waals surface area contributed by atoms with Gasteiger partial charge >= 0.3 is 15.2 Å². The van der Waals surface area contributed by atoms with Gasteiger partial charge in [-0.25, -0.2) is 0 Å². The lowest BCUT2D eigenvalue weighted by Gasteiger charge is -2.26. The number of hydrogen-bond acceptors (Lipinski definition) is 10. The van der Waals surface area contributed by atoms with E-state index in [-0.39, 0.29) is 17.7 Å². The summed E-state index contributed by atoms with van der Waals surface area (Å²) in [7, 11) is -9.38. The number of aromatic nitrogens is 5. The minimum absolute atomic E-state index is 0.0122. The molecule has 2 saturated heterocycles. The summed E-state index contributed by atoms with van der Waals surface area (Å²) in [6.45, 7) is 0.175. The van der Waals surface area contributed by atoms with Gasteiger partial charge in [0, 0.05) is 13.0 Å². The van der Waals surface area contributed by atoms with Crippen molar-refractivity contribution in [2.75, 3.05) is 24.0 Å². The van der Waals surface area contributed by atoms with Crippen molar-refractivity contribution < 1.29 is 38.2 Å². The Morgan fingerprint density at radius 2 is 1.92 bits per heavy atom. The zero-order chi connectivity index (χ0) is 26.4. The summed E-state index contributed by atoms with van der Waals surface area (Å²) in [6.07, 6.45) is -1.11. The van der Waals surface area contributed by atoms with Gasteiger partial charge in [0.25, 0.3) is 0 Å². The number of fused-ring (bicyclic) bond motifs is 1. The fraction of sp³-hybridized carbons (Fsp3) is 0.500. The van der Waals surface area contributed by atoms with Crippen molar-refractivity contribution in [1.82, 2.24) is 25.0 Å². The molecule has 2 fully saturated rings. The summed E-state index contributed by atoms with van der Waals surface area (Å²) < 4.78 is 35.0. The van der Waals surface area contributed by atoms with Gasteiger partial charge in [-0.2, -0.15) is 14.6 Å². The Bertz CT molecular complexity index is 1370. The maximum absolute atomic E-state index is 11.9. The summed E-state index contributed by atoms with van der Waals surface area (Å²) in [5.41, 5.74) is 1.84. The van der Waals surface area contributed by atoms with E-state index in [2.05, 4.69) is 37.3 Å². The van der Waals surface area contributed by atoms with Gasteiger partial charge in [0.1, 0.15) is 6.10 Å². The molecule has 4 heterocycles. The smallest absolute Gasteiger partial charge is 0.340 e. The molecular weight excluding hydrogens is 550 g/mol. The van der Waals surface area contributed by atoms with E-state index in [9.17, 15) is 19.1 Å². The van der Waals surface area contributed by atoms with Crippen molar-refractivity contribution >= 4 is 43.8 Å². The summed E-state index contributed by atoms with van der Waals surface area (Å²) in [4.78, 5) is 38.4. The van der Waals surface area contributed by atoms with Crippen LogP contribution in [0.2, 0.25) is 5.28 Å². The summed E-state index contributed by atoms with van der Waals surface area (Å²) in [6, 6.07) is 10.1. The number of anilines is 1. The average Bonchev–Trinajstić information content (AvgIpc) is 3.54. The first-order chi connectivity index (χ1) is 17.5. The molecule has 0 aliphatic carbocycles. The van der Waals surface area contributed by atoms with Crippen molar-refractivity contribution in [3.8, 4) is 0 Å². The molecule has 2 aliphatic heterocycles. The number of nitrogens with zero attached hydrogens (tertiary/aromatic N) is 6. The van der Waals surface area contributed by atoms with E-state index in [1.54, 1.807) is 0 Å². The molecule has 0 radical (unpaired) electrons. The Labute approximate surface area is 215 Å². The second kappa shape index (κ2) is 10.3. The van der Waals surface area contributed by atoms with Crippen LogP contribution in [0.5, 0.6) is 0 Å². The van der Waals surface area contributed by atoms with Gasteiger partial charge in [-0.05, 0) is 30.0 Å². The number of ether oxygens (including phenoxy) is 1. The molecule has 1 unspecified atom stereocenters. The molecule has 200 valence electrons. The molecule has 1 aromatic carbocycles. The monoisotopic (exact) mass is 574 g/mol. The summed E-state index contributed by atoms with van der Waals surface area (Å²) in [5.74, 6) is -0.803. The van der Waals surface area contributed by atoms with Gasteiger partial charge in [0.15, 0.2) is 29.1 Å². The number of halogens is 1. The third-order valence-corrected chi connectivity index (χ3v) is 9.89. The van der Waals surface area contributed by atoms with E-state index in [1.807, 2.05) is 18.2 Å². The maximum atomic E-state index is 11.9. The van der Waals surface area contributed by atoms with Crippen LogP contribution < -0.4 is 4.90 Å². The normalized spacial score (nSPS) is 26.1. The quantitative estimate of drug-likeness (QED) is 0.226. The number of rotatable bonds is 8. The highest BCUT2D eigenvalue weighted by Gasteiger charge is 2.40. The molecule has 0 amide bonds. The number of hydrogen-bond donors (Lipinski definition) is 4. The lowest BCUT2D eigenvalue weighted by atomic mass is 10.0. The number of benzene rings is 1. The minimum Gasteiger partial charge on any atom is -0.390 e. The van der Waals surface area contributed by atoms with Crippen LogP contribution in [0.15, 0.2) is 30.3 Å². The second-order valence-corrected chi connectivity index (χ2v) is 13.3. The second-order valence-electron chi connectivity index (χ2n) is 8.96. The zero-order valence-electron chi connectivity index (χ0n) is 19.3. The van der Waals surface area contributed by atoms with E-state index in [0.29, 0.717) is 17.0 Å². The molecular formula is C20H25ClN6O8P2. The SMILES string of the molecule is O=P(O)(O)CP(=O)(O)OC[C@H]1O[C@@H](n2nnc3c(N4CCC[C@H]4c4ccccc4)nc(Cl)nc32)C[C@@H]1O. The van der Waals surface area contributed by atoms with E-state index < -0.39 is 46.1 Å². The topological polar surface area (TPSA) is 193 Å². The molecule has 0 spiro atoms. The first-order valence-electron chi connectivity index (χ1n) is 11.5. The molecule has 14 nitrogen and oxygen atoms in total. The van der Waals surface area contributed by atoms with Crippen LogP contribution >= 0.6 is 26.8 Å². The van der Waals surface area contributed by atoms with E-state index >= 15 is 0 Å². The van der Waals surface area contributed by atoms with Gasteiger partial charge in [0.05, 0.1) is 18.8 Å². The Balaban J connectivity index is 1.37. The maximum Gasteiger partial charge on any atom is 0.340 e. The molecule has 5 rings (SSSR count). The largest absolute Gasteiger partial charge is 0.390 e. The van der Waals surface area contributed by atoms with Gasteiger partial charge < -0.3 is 33.9 Å². The molecule has 4 N–H and O–H groups in total. The first kappa shape index (κ1) is 26.6. The molecule has 0 saturated carbocycles. The van der Waals surface area contributed by atoms with Crippen LogP contribution in [0, 0.1) is 0 Å². The van der Waals surface area contributed by atoms with Crippen molar-refractivity contribution in [3.05, 3.63) is 41.2 Å². The molecule has 3 aromatic rings. The van der Waals surface area contributed by atoms with E-state index in [1.165, 1.54) is 4.68 Å². The fourth-order valence-electron chi connectivity index (χ4n) is 4.70. The van der Waals surface area contributed by atoms with Gasteiger partial charge in [-0.3, -0.25) is 9.13 Å². The van der Waals surface area contributed by atoms with Crippen molar-refractivity contribution in [1.29, 1.82) is 0 Å².